The third kappa shape index (κ3) is 1.85. The lowest BCUT2D eigenvalue weighted by molar-refractivity contribution is -0.154. The molecule has 0 saturated heterocycles. The summed E-state index contributed by atoms with van der Waals surface area (Å²) >= 11 is 0. The van der Waals surface area contributed by atoms with E-state index in [1.807, 2.05) is 0 Å². The van der Waals surface area contributed by atoms with E-state index in [1.165, 1.54) is 0 Å². The van der Waals surface area contributed by atoms with Crippen LogP contribution in [0.2, 0.25) is 0 Å². The monoisotopic (exact) mass is 211 g/mol. The van der Waals surface area contributed by atoms with Crippen LogP contribution in [-0.4, -0.2) is 23.5 Å². The molecule has 4 heteroatoms. The van der Waals surface area contributed by atoms with Crippen LogP contribution in [0.15, 0.2) is 0 Å². The molecule has 0 radical (unpaired) electrons. The van der Waals surface area contributed by atoms with Crippen molar-refractivity contribution in [1.82, 2.24) is 5.32 Å². The van der Waals surface area contributed by atoms with Crippen LogP contribution < -0.4 is 5.32 Å². The predicted octanol–water partition coefficient (Wildman–Crippen LogP) is 1.16. The number of carboxylic acids is 1. The first-order valence-corrected chi connectivity index (χ1v) is 5.65. The Morgan fingerprint density at radius 1 is 1.27 bits per heavy atom. The summed E-state index contributed by atoms with van der Waals surface area (Å²) in [5, 5.41) is 11.8. The smallest absolute Gasteiger partial charge is 0.311 e. The van der Waals surface area contributed by atoms with Gasteiger partial charge in [0.25, 0.3) is 0 Å². The molecule has 1 amide bonds. The Balaban J connectivity index is 1.80. The molecular formula is C11H17NO3. The van der Waals surface area contributed by atoms with Crippen LogP contribution in [0.25, 0.3) is 0 Å². The lowest BCUT2D eigenvalue weighted by atomic mass is 9.68. The highest BCUT2D eigenvalue weighted by Gasteiger charge is 2.44. The predicted molar refractivity (Wildman–Crippen MR) is 54.3 cm³/mol. The highest BCUT2D eigenvalue weighted by molar-refractivity contribution is 5.81. The first-order valence-electron chi connectivity index (χ1n) is 5.65. The number of aliphatic carboxylic acids is 1. The van der Waals surface area contributed by atoms with Crippen LogP contribution in [0.3, 0.4) is 0 Å². The molecule has 0 aromatic rings. The second kappa shape index (κ2) is 3.83. The van der Waals surface area contributed by atoms with E-state index in [4.69, 9.17) is 5.11 Å². The van der Waals surface area contributed by atoms with Crippen LogP contribution >= 0.6 is 0 Å². The summed E-state index contributed by atoms with van der Waals surface area (Å²) in [4.78, 5) is 22.5. The molecule has 2 N–H and O–H groups in total. The van der Waals surface area contributed by atoms with E-state index in [2.05, 4.69) is 5.32 Å². The number of hydrogen-bond donors (Lipinski definition) is 2. The van der Waals surface area contributed by atoms with Crippen LogP contribution in [0.1, 0.15) is 38.5 Å². The van der Waals surface area contributed by atoms with Crippen molar-refractivity contribution in [2.24, 2.45) is 11.3 Å². The Morgan fingerprint density at radius 2 is 1.93 bits per heavy atom. The Hall–Kier alpha value is -1.06. The molecule has 0 spiro atoms. The van der Waals surface area contributed by atoms with Crippen LogP contribution in [0, 0.1) is 11.3 Å². The Morgan fingerprint density at radius 3 is 2.27 bits per heavy atom. The fraction of sp³-hybridized carbons (Fsp3) is 0.818. The average molecular weight is 211 g/mol. The van der Waals surface area contributed by atoms with Gasteiger partial charge in [-0.05, 0) is 25.7 Å². The van der Waals surface area contributed by atoms with Gasteiger partial charge >= 0.3 is 5.97 Å². The van der Waals surface area contributed by atoms with Gasteiger partial charge in [-0.3, -0.25) is 9.59 Å². The summed E-state index contributed by atoms with van der Waals surface area (Å²) in [7, 11) is 0. The lowest BCUT2D eigenvalue weighted by Gasteiger charge is -2.38. The minimum atomic E-state index is -0.761. The zero-order valence-corrected chi connectivity index (χ0v) is 8.79. The molecular weight excluding hydrogens is 194 g/mol. The third-order valence-electron chi connectivity index (χ3n) is 3.84. The summed E-state index contributed by atoms with van der Waals surface area (Å²) in [5.74, 6) is -0.563. The summed E-state index contributed by atoms with van der Waals surface area (Å²) < 4.78 is 0. The van der Waals surface area contributed by atoms with Gasteiger partial charge in [0.05, 0.1) is 5.41 Å². The summed E-state index contributed by atoms with van der Waals surface area (Å²) in [6, 6.07) is 0. The number of nitrogens with one attached hydrogen (secondary N) is 1. The Labute approximate surface area is 89.0 Å². The quantitative estimate of drug-likeness (QED) is 0.733. The molecule has 2 aliphatic carbocycles. The zero-order chi connectivity index (χ0) is 10.9. The topological polar surface area (TPSA) is 66.4 Å². The van der Waals surface area contributed by atoms with Crippen LogP contribution in [0.4, 0.5) is 0 Å². The fourth-order valence-electron chi connectivity index (χ4n) is 2.14. The maximum Gasteiger partial charge on any atom is 0.311 e. The number of carbonyl (C=O) groups excluding carboxylic acids is 1. The second-order valence-corrected chi connectivity index (χ2v) is 4.78. The van der Waals surface area contributed by atoms with Gasteiger partial charge in [0.1, 0.15) is 0 Å². The Kier molecular flexibility index (Phi) is 2.67. The highest BCUT2D eigenvalue weighted by atomic mass is 16.4. The minimum Gasteiger partial charge on any atom is -0.481 e. The van der Waals surface area contributed by atoms with E-state index in [0.29, 0.717) is 19.4 Å². The zero-order valence-electron chi connectivity index (χ0n) is 8.79. The average Bonchev–Trinajstić information content (AvgIpc) is 1.97. The van der Waals surface area contributed by atoms with Crippen molar-refractivity contribution < 1.29 is 14.7 Å². The highest BCUT2D eigenvalue weighted by Crippen LogP contribution is 2.40. The molecule has 2 rings (SSSR count). The molecule has 0 aromatic carbocycles. The number of rotatable bonds is 4. The lowest BCUT2D eigenvalue weighted by Crippen LogP contribution is -2.49. The first-order chi connectivity index (χ1) is 7.14. The molecule has 84 valence electrons. The van der Waals surface area contributed by atoms with Gasteiger partial charge < -0.3 is 10.4 Å². The van der Waals surface area contributed by atoms with Crippen molar-refractivity contribution in [3.63, 3.8) is 0 Å². The van der Waals surface area contributed by atoms with E-state index in [0.717, 1.165) is 25.7 Å². The molecule has 0 aliphatic heterocycles. The van der Waals surface area contributed by atoms with Gasteiger partial charge in [0, 0.05) is 12.5 Å². The van der Waals surface area contributed by atoms with E-state index >= 15 is 0 Å². The molecule has 0 heterocycles. The number of amides is 1. The van der Waals surface area contributed by atoms with Crippen LogP contribution in [0.5, 0.6) is 0 Å². The van der Waals surface area contributed by atoms with E-state index < -0.39 is 11.4 Å². The van der Waals surface area contributed by atoms with Gasteiger partial charge in [-0.15, -0.1) is 0 Å². The third-order valence-corrected chi connectivity index (χ3v) is 3.84. The standard InChI is InChI=1S/C11H17NO3/c13-9(8-3-1-4-8)12-7-11(10(14)15)5-2-6-11/h8H,1-7H2,(H,12,13)(H,14,15). The molecule has 15 heavy (non-hydrogen) atoms. The number of carboxylic acid groups (broad SMARTS) is 1. The van der Waals surface area contributed by atoms with E-state index in [-0.39, 0.29) is 11.8 Å². The van der Waals surface area contributed by atoms with Gasteiger partial charge in [0.15, 0.2) is 0 Å². The van der Waals surface area contributed by atoms with Gasteiger partial charge in [-0.2, -0.15) is 0 Å². The summed E-state index contributed by atoms with van der Waals surface area (Å²) in [6.45, 7) is 0.317. The van der Waals surface area contributed by atoms with Gasteiger partial charge in [-0.25, -0.2) is 0 Å². The molecule has 4 nitrogen and oxygen atoms in total. The maximum atomic E-state index is 11.5. The van der Waals surface area contributed by atoms with E-state index in [1.54, 1.807) is 0 Å². The van der Waals surface area contributed by atoms with Crippen molar-refractivity contribution in [3.8, 4) is 0 Å². The van der Waals surface area contributed by atoms with Crippen molar-refractivity contribution in [3.05, 3.63) is 0 Å². The SMILES string of the molecule is O=C(NCC1(C(=O)O)CCC1)C1CCC1. The molecule has 2 fully saturated rings. The molecule has 0 aromatic heterocycles. The van der Waals surface area contributed by atoms with Crippen molar-refractivity contribution in [2.75, 3.05) is 6.54 Å². The Bertz CT molecular complexity index is 280. The van der Waals surface area contributed by atoms with Crippen molar-refractivity contribution in [1.29, 1.82) is 0 Å². The van der Waals surface area contributed by atoms with Gasteiger partial charge in [0.2, 0.25) is 5.91 Å². The molecule has 0 atom stereocenters. The number of hydrogen-bond acceptors (Lipinski definition) is 2. The minimum absolute atomic E-state index is 0.0498. The first kappa shape index (κ1) is 10.5. The van der Waals surface area contributed by atoms with Crippen LogP contribution in [-0.2, 0) is 9.59 Å². The molecule has 2 aliphatic rings. The molecule has 0 bridgehead atoms. The summed E-state index contributed by atoms with van der Waals surface area (Å²) in [5.41, 5.74) is -0.653. The maximum absolute atomic E-state index is 11.5. The second-order valence-electron chi connectivity index (χ2n) is 4.78. The summed E-state index contributed by atoms with van der Waals surface area (Å²) in [6.07, 6.45) is 5.42. The van der Waals surface area contributed by atoms with Crippen molar-refractivity contribution >= 4 is 11.9 Å². The van der Waals surface area contributed by atoms with Crippen molar-refractivity contribution in [2.45, 2.75) is 38.5 Å². The largest absolute Gasteiger partial charge is 0.481 e. The fourth-order valence-corrected chi connectivity index (χ4v) is 2.14. The molecule has 2 saturated carbocycles. The normalized spacial score (nSPS) is 23.7. The van der Waals surface area contributed by atoms with Gasteiger partial charge in [-0.1, -0.05) is 12.8 Å². The molecule has 0 unspecified atom stereocenters. The number of carbonyl (C=O) groups is 2. The van der Waals surface area contributed by atoms with E-state index in [9.17, 15) is 9.59 Å².